The molecule has 0 saturated carbocycles. The molecule has 21 heavy (non-hydrogen) atoms. The molecule has 0 fully saturated rings. The third-order valence-corrected chi connectivity index (χ3v) is 3.29. The Kier molecular flexibility index (Phi) is 5.00. The van der Waals surface area contributed by atoms with Crippen molar-refractivity contribution in [2.45, 2.75) is 6.92 Å². The number of phenols is 1. The molecule has 0 unspecified atom stereocenters. The van der Waals surface area contributed by atoms with Crippen molar-refractivity contribution < 1.29 is 9.90 Å². The van der Waals surface area contributed by atoms with Crippen LogP contribution in [0.4, 0.5) is 10.5 Å². The topological polar surface area (TPSA) is 61.4 Å². The minimum atomic E-state index is -0.338. The molecule has 0 atom stereocenters. The van der Waals surface area contributed by atoms with Gasteiger partial charge in [0.25, 0.3) is 0 Å². The summed E-state index contributed by atoms with van der Waals surface area (Å²) in [5.41, 5.74) is 2.42. The number of carbonyl (C=O) groups excluding carboxylic acids is 1. The van der Waals surface area contributed by atoms with Gasteiger partial charge in [0.15, 0.2) is 0 Å². The first-order valence-corrected chi connectivity index (χ1v) is 7.13. The van der Waals surface area contributed by atoms with E-state index in [1.54, 1.807) is 24.4 Å². The number of urea groups is 1. The van der Waals surface area contributed by atoms with Crippen molar-refractivity contribution in [3.63, 3.8) is 0 Å². The van der Waals surface area contributed by atoms with Crippen LogP contribution in [0.1, 0.15) is 11.1 Å². The van der Waals surface area contributed by atoms with Gasteiger partial charge in [0, 0.05) is 16.4 Å². The Balaban J connectivity index is 1.93. The molecule has 3 N–H and O–H groups in total. The number of aromatic hydroxyl groups is 1. The number of benzene rings is 2. The summed E-state index contributed by atoms with van der Waals surface area (Å²) in [6.45, 7) is 1.81. The average molecular weight is 347 g/mol. The summed E-state index contributed by atoms with van der Waals surface area (Å²) in [5.74, 6) is 0.174. The number of amides is 2. The quantitative estimate of drug-likeness (QED) is 0.727. The monoisotopic (exact) mass is 346 g/mol. The minimum absolute atomic E-state index is 0.174. The van der Waals surface area contributed by atoms with Crippen LogP contribution < -0.4 is 10.6 Å². The smallest absolute Gasteiger partial charge is 0.323 e. The van der Waals surface area contributed by atoms with E-state index in [9.17, 15) is 9.90 Å². The van der Waals surface area contributed by atoms with Crippen LogP contribution in [0.2, 0.25) is 0 Å². The molecule has 2 amide bonds. The predicted molar refractivity (Wildman–Crippen MR) is 88.2 cm³/mol. The van der Waals surface area contributed by atoms with Crippen LogP contribution in [0.5, 0.6) is 5.75 Å². The van der Waals surface area contributed by atoms with Crippen molar-refractivity contribution in [1.29, 1.82) is 0 Å². The highest BCUT2D eigenvalue weighted by molar-refractivity contribution is 9.10. The first-order valence-electron chi connectivity index (χ1n) is 6.34. The van der Waals surface area contributed by atoms with Crippen LogP contribution in [0, 0.1) is 6.92 Å². The number of nitrogens with one attached hydrogen (secondary N) is 2. The number of hydrogen-bond acceptors (Lipinski definition) is 2. The summed E-state index contributed by atoms with van der Waals surface area (Å²) in [6, 6.07) is 12.2. The third-order valence-electron chi connectivity index (χ3n) is 2.80. The lowest BCUT2D eigenvalue weighted by Gasteiger charge is -2.08. The van der Waals surface area contributed by atoms with Crippen LogP contribution in [-0.2, 0) is 0 Å². The Morgan fingerprint density at radius 2 is 2.05 bits per heavy atom. The van der Waals surface area contributed by atoms with Crippen LogP contribution >= 0.6 is 15.9 Å². The van der Waals surface area contributed by atoms with Gasteiger partial charge in [-0.2, -0.15) is 0 Å². The summed E-state index contributed by atoms with van der Waals surface area (Å²) < 4.78 is 0.980. The number of aryl methyl sites for hydroxylation is 1. The molecule has 4 nitrogen and oxygen atoms in total. The molecule has 0 radical (unpaired) electrons. The summed E-state index contributed by atoms with van der Waals surface area (Å²) in [5, 5.41) is 14.7. The van der Waals surface area contributed by atoms with Crippen LogP contribution in [0.25, 0.3) is 6.08 Å². The molecule has 0 aromatic heterocycles. The fraction of sp³-hybridized carbons (Fsp3) is 0.0625. The molecule has 5 heteroatoms. The van der Waals surface area contributed by atoms with E-state index in [-0.39, 0.29) is 11.8 Å². The summed E-state index contributed by atoms with van der Waals surface area (Å²) >= 11 is 3.39. The highest BCUT2D eigenvalue weighted by atomic mass is 79.9. The van der Waals surface area contributed by atoms with Gasteiger partial charge >= 0.3 is 6.03 Å². The maximum Gasteiger partial charge on any atom is 0.323 e. The Morgan fingerprint density at radius 1 is 1.24 bits per heavy atom. The van der Waals surface area contributed by atoms with Crippen molar-refractivity contribution in [1.82, 2.24) is 5.32 Å². The molecule has 0 heterocycles. The highest BCUT2D eigenvalue weighted by Crippen LogP contribution is 2.19. The van der Waals surface area contributed by atoms with E-state index in [0.717, 1.165) is 15.6 Å². The second-order valence-corrected chi connectivity index (χ2v) is 5.40. The number of hydrogen-bond donors (Lipinski definition) is 3. The first-order chi connectivity index (χ1) is 10.0. The van der Waals surface area contributed by atoms with Gasteiger partial charge in [-0.25, -0.2) is 4.79 Å². The minimum Gasteiger partial charge on any atom is -0.508 e. The van der Waals surface area contributed by atoms with Gasteiger partial charge in [0.1, 0.15) is 5.75 Å². The molecule has 0 aliphatic carbocycles. The van der Waals surface area contributed by atoms with Crippen molar-refractivity contribution >= 4 is 33.7 Å². The molecule has 0 saturated heterocycles. The summed E-state index contributed by atoms with van der Waals surface area (Å²) in [7, 11) is 0. The Morgan fingerprint density at radius 3 is 2.76 bits per heavy atom. The van der Waals surface area contributed by atoms with E-state index in [1.807, 2.05) is 31.2 Å². The third kappa shape index (κ3) is 4.65. The largest absolute Gasteiger partial charge is 0.508 e. The normalized spacial score (nSPS) is 10.6. The number of anilines is 1. The van der Waals surface area contributed by atoms with Crippen LogP contribution in [-0.4, -0.2) is 11.1 Å². The molecular weight excluding hydrogens is 332 g/mol. The van der Waals surface area contributed by atoms with Crippen molar-refractivity contribution in [3.8, 4) is 5.75 Å². The van der Waals surface area contributed by atoms with Crippen molar-refractivity contribution in [2.24, 2.45) is 0 Å². The molecule has 2 rings (SSSR count). The summed E-state index contributed by atoms with van der Waals surface area (Å²) in [4.78, 5) is 11.8. The molecule has 2 aromatic rings. The van der Waals surface area contributed by atoms with E-state index < -0.39 is 0 Å². The molecule has 0 bridgehead atoms. The lowest BCUT2D eigenvalue weighted by atomic mass is 10.2. The molecule has 0 aliphatic rings. The lowest BCUT2D eigenvalue weighted by Crippen LogP contribution is -2.24. The SMILES string of the molecule is Cc1cc(O)ccc1NC(=O)N/C=C/c1cccc(Br)c1. The molecule has 108 valence electrons. The number of halogens is 1. The van der Waals surface area contributed by atoms with E-state index in [1.165, 1.54) is 6.07 Å². The van der Waals surface area contributed by atoms with Crippen LogP contribution in [0.15, 0.2) is 53.1 Å². The maximum atomic E-state index is 11.8. The number of phenolic OH excluding ortho intramolecular Hbond substituents is 1. The Hall–Kier alpha value is -2.27. The number of carbonyl (C=O) groups is 1. The second kappa shape index (κ2) is 6.95. The van der Waals surface area contributed by atoms with Gasteiger partial charge in [-0.1, -0.05) is 28.1 Å². The fourth-order valence-corrected chi connectivity index (χ4v) is 2.19. The van der Waals surface area contributed by atoms with Gasteiger partial charge < -0.3 is 15.7 Å². The first kappa shape index (κ1) is 15.1. The average Bonchev–Trinajstić information content (AvgIpc) is 2.42. The summed E-state index contributed by atoms with van der Waals surface area (Å²) in [6.07, 6.45) is 3.38. The van der Waals surface area contributed by atoms with Gasteiger partial charge in [0.05, 0.1) is 0 Å². The zero-order chi connectivity index (χ0) is 15.2. The zero-order valence-electron chi connectivity index (χ0n) is 11.4. The van der Waals surface area contributed by atoms with E-state index in [4.69, 9.17) is 0 Å². The van der Waals surface area contributed by atoms with Crippen molar-refractivity contribution in [3.05, 3.63) is 64.3 Å². The van der Waals surface area contributed by atoms with E-state index in [2.05, 4.69) is 26.6 Å². The predicted octanol–water partition coefficient (Wildman–Crippen LogP) is 4.26. The Bertz CT molecular complexity index is 684. The molecular formula is C16H15BrN2O2. The number of rotatable bonds is 3. The lowest BCUT2D eigenvalue weighted by molar-refractivity contribution is 0.255. The molecule has 0 aliphatic heterocycles. The maximum absolute atomic E-state index is 11.8. The standard InChI is InChI=1S/C16H15BrN2O2/c1-11-9-14(20)5-6-15(11)19-16(21)18-8-7-12-3-2-4-13(17)10-12/h2-10,20H,1H3,(H2,18,19,21)/b8-7+. The molecule has 2 aromatic carbocycles. The van der Waals surface area contributed by atoms with Gasteiger partial charge in [-0.05, 0) is 54.5 Å². The molecule has 0 spiro atoms. The van der Waals surface area contributed by atoms with E-state index in [0.29, 0.717) is 5.69 Å². The van der Waals surface area contributed by atoms with Gasteiger partial charge in [0.2, 0.25) is 0 Å². The zero-order valence-corrected chi connectivity index (χ0v) is 13.0. The van der Waals surface area contributed by atoms with E-state index >= 15 is 0 Å². The Labute approximate surface area is 131 Å². The fourth-order valence-electron chi connectivity index (χ4n) is 1.77. The van der Waals surface area contributed by atoms with Gasteiger partial charge in [-0.15, -0.1) is 0 Å². The van der Waals surface area contributed by atoms with Crippen molar-refractivity contribution in [2.75, 3.05) is 5.32 Å². The van der Waals surface area contributed by atoms with Crippen LogP contribution in [0.3, 0.4) is 0 Å². The second-order valence-electron chi connectivity index (χ2n) is 4.49. The van der Waals surface area contributed by atoms with Gasteiger partial charge in [-0.3, -0.25) is 0 Å². The highest BCUT2D eigenvalue weighted by Gasteiger charge is 2.03.